The highest BCUT2D eigenvalue weighted by atomic mass is 35.5. The topological polar surface area (TPSA) is 21.3 Å². The van der Waals surface area contributed by atoms with Crippen molar-refractivity contribution in [3.63, 3.8) is 0 Å². The molecule has 0 aliphatic carbocycles. The maximum atomic E-state index is 6.09. The molecule has 0 saturated carbocycles. The molecule has 2 nitrogen and oxygen atoms in total. The molecule has 0 aliphatic heterocycles. The Hall–Kier alpha value is -1.51. The summed E-state index contributed by atoms with van der Waals surface area (Å²) in [7, 11) is 1.64. The first-order valence-electron chi connectivity index (χ1n) is 6.88. The van der Waals surface area contributed by atoms with E-state index in [1.165, 1.54) is 11.1 Å². The largest absolute Gasteiger partial charge is 0.495 e. The lowest BCUT2D eigenvalue weighted by Gasteiger charge is -2.12. The first-order chi connectivity index (χ1) is 9.76. The van der Waals surface area contributed by atoms with Gasteiger partial charge in [0.1, 0.15) is 5.75 Å². The van der Waals surface area contributed by atoms with Gasteiger partial charge in [0.2, 0.25) is 0 Å². The van der Waals surface area contributed by atoms with E-state index in [1.54, 1.807) is 7.11 Å². The summed E-state index contributed by atoms with van der Waals surface area (Å²) in [5.41, 5.74) is 3.62. The molecule has 0 radical (unpaired) electrons. The zero-order chi connectivity index (χ0) is 14.4. The highest BCUT2D eigenvalue weighted by molar-refractivity contribution is 6.32. The number of rotatable bonds is 6. The summed E-state index contributed by atoms with van der Waals surface area (Å²) >= 11 is 6.09. The van der Waals surface area contributed by atoms with E-state index in [1.807, 2.05) is 18.2 Å². The quantitative estimate of drug-likeness (QED) is 0.790. The molecule has 0 aromatic heterocycles. The molecular weight excluding hydrogens is 270 g/mol. The minimum atomic E-state index is 0.637. The van der Waals surface area contributed by atoms with E-state index in [0.717, 1.165) is 25.1 Å². The summed E-state index contributed by atoms with van der Waals surface area (Å²) in [6.45, 7) is 4.07. The molecule has 106 valence electrons. The van der Waals surface area contributed by atoms with Crippen molar-refractivity contribution in [3.05, 3.63) is 53.1 Å². The standard InChI is InChI=1S/C17H20ClNO/c1-3-10-19-12-14-6-4-5-7-15(14)13-8-9-16(18)17(11-13)20-2/h4-9,11,19H,3,10,12H2,1-2H3. The van der Waals surface area contributed by atoms with Crippen LogP contribution in [0.4, 0.5) is 0 Å². The van der Waals surface area contributed by atoms with Gasteiger partial charge in [0, 0.05) is 6.54 Å². The summed E-state index contributed by atoms with van der Waals surface area (Å²) in [5, 5.41) is 4.08. The molecule has 1 N–H and O–H groups in total. The maximum absolute atomic E-state index is 6.09. The molecule has 0 spiro atoms. The Morgan fingerprint density at radius 2 is 1.95 bits per heavy atom. The van der Waals surface area contributed by atoms with Gasteiger partial charge in [0.15, 0.2) is 0 Å². The summed E-state index contributed by atoms with van der Waals surface area (Å²) in [4.78, 5) is 0. The van der Waals surface area contributed by atoms with E-state index < -0.39 is 0 Å². The van der Waals surface area contributed by atoms with Crippen molar-refractivity contribution >= 4 is 11.6 Å². The first kappa shape index (κ1) is 14.9. The van der Waals surface area contributed by atoms with Crippen LogP contribution in [0.25, 0.3) is 11.1 Å². The molecule has 0 heterocycles. The SMILES string of the molecule is CCCNCc1ccccc1-c1ccc(Cl)c(OC)c1. The number of nitrogens with one attached hydrogen (secondary N) is 1. The Balaban J connectivity index is 2.32. The van der Waals surface area contributed by atoms with Crippen LogP contribution in [0.2, 0.25) is 5.02 Å². The van der Waals surface area contributed by atoms with E-state index in [0.29, 0.717) is 10.8 Å². The van der Waals surface area contributed by atoms with Crippen LogP contribution in [0.1, 0.15) is 18.9 Å². The molecular formula is C17H20ClNO. The molecule has 3 heteroatoms. The summed E-state index contributed by atoms with van der Waals surface area (Å²) in [6.07, 6.45) is 1.14. The van der Waals surface area contributed by atoms with Gasteiger partial charge in [-0.25, -0.2) is 0 Å². The van der Waals surface area contributed by atoms with Gasteiger partial charge in [-0.15, -0.1) is 0 Å². The van der Waals surface area contributed by atoms with E-state index in [4.69, 9.17) is 16.3 Å². The summed E-state index contributed by atoms with van der Waals surface area (Å²) in [5.74, 6) is 0.709. The molecule has 0 atom stereocenters. The van der Waals surface area contributed by atoms with Crippen molar-refractivity contribution in [1.82, 2.24) is 5.32 Å². The maximum Gasteiger partial charge on any atom is 0.138 e. The van der Waals surface area contributed by atoms with E-state index >= 15 is 0 Å². The van der Waals surface area contributed by atoms with E-state index in [9.17, 15) is 0 Å². The molecule has 2 aromatic carbocycles. The van der Waals surface area contributed by atoms with Crippen LogP contribution < -0.4 is 10.1 Å². The number of hydrogen-bond acceptors (Lipinski definition) is 2. The van der Waals surface area contributed by atoms with Gasteiger partial charge in [0.05, 0.1) is 12.1 Å². The van der Waals surface area contributed by atoms with Crippen molar-refractivity contribution in [2.75, 3.05) is 13.7 Å². The fraction of sp³-hybridized carbons (Fsp3) is 0.294. The Morgan fingerprint density at radius 3 is 2.70 bits per heavy atom. The van der Waals surface area contributed by atoms with Crippen molar-refractivity contribution in [1.29, 1.82) is 0 Å². The minimum Gasteiger partial charge on any atom is -0.495 e. The third kappa shape index (κ3) is 3.53. The lowest BCUT2D eigenvalue weighted by atomic mass is 9.99. The van der Waals surface area contributed by atoms with Gasteiger partial charge in [-0.2, -0.15) is 0 Å². The van der Waals surface area contributed by atoms with Gasteiger partial charge in [-0.3, -0.25) is 0 Å². The highest BCUT2D eigenvalue weighted by Gasteiger charge is 2.07. The fourth-order valence-electron chi connectivity index (χ4n) is 2.18. The molecule has 0 bridgehead atoms. The van der Waals surface area contributed by atoms with Gasteiger partial charge < -0.3 is 10.1 Å². The van der Waals surface area contributed by atoms with Crippen LogP contribution in [0.15, 0.2) is 42.5 Å². The van der Waals surface area contributed by atoms with Gasteiger partial charge in [0.25, 0.3) is 0 Å². The Bertz CT molecular complexity index is 569. The van der Waals surface area contributed by atoms with Crippen LogP contribution in [-0.2, 0) is 6.54 Å². The molecule has 0 aliphatic rings. The molecule has 0 amide bonds. The van der Waals surface area contributed by atoms with E-state index in [2.05, 4.69) is 36.5 Å². The van der Waals surface area contributed by atoms with Gasteiger partial charge >= 0.3 is 0 Å². The van der Waals surface area contributed by atoms with E-state index in [-0.39, 0.29) is 0 Å². The van der Waals surface area contributed by atoms with Crippen LogP contribution >= 0.6 is 11.6 Å². The lowest BCUT2D eigenvalue weighted by Crippen LogP contribution is -2.14. The third-order valence-corrected chi connectivity index (χ3v) is 3.53. The molecule has 20 heavy (non-hydrogen) atoms. The Labute approximate surface area is 125 Å². The normalized spacial score (nSPS) is 10.6. The monoisotopic (exact) mass is 289 g/mol. The minimum absolute atomic E-state index is 0.637. The first-order valence-corrected chi connectivity index (χ1v) is 7.26. The van der Waals surface area contributed by atoms with Gasteiger partial charge in [-0.05, 0) is 41.8 Å². The number of hydrogen-bond donors (Lipinski definition) is 1. The molecule has 0 saturated heterocycles. The highest BCUT2D eigenvalue weighted by Crippen LogP contribution is 2.31. The second-order valence-electron chi connectivity index (χ2n) is 4.68. The Morgan fingerprint density at radius 1 is 1.15 bits per heavy atom. The smallest absolute Gasteiger partial charge is 0.138 e. The van der Waals surface area contributed by atoms with Crippen molar-refractivity contribution in [2.24, 2.45) is 0 Å². The van der Waals surface area contributed by atoms with Gasteiger partial charge in [-0.1, -0.05) is 48.9 Å². The summed E-state index contributed by atoms with van der Waals surface area (Å²) in [6, 6.07) is 14.3. The molecule has 2 aromatic rings. The van der Waals surface area contributed by atoms with Crippen LogP contribution in [0, 0.1) is 0 Å². The zero-order valence-corrected chi connectivity index (χ0v) is 12.7. The van der Waals surface area contributed by atoms with Crippen LogP contribution in [0.5, 0.6) is 5.75 Å². The number of ether oxygens (including phenoxy) is 1. The van der Waals surface area contributed by atoms with Crippen molar-refractivity contribution in [2.45, 2.75) is 19.9 Å². The predicted octanol–water partition coefficient (Wildman–Crippen LogP) is 4.52. The number of halogens is 1. The van der Waals surface area contributed by atoms with Crippen LogP contribution in [-0.4, -0.2) is 13.7 Å². The summed E-state index contributed by atoms with van der Waals surface area (Å²) < 4.78 is 5.30. The van der Waals surface area contributed by atoms with Crippen molar-refractivity contribution in [3.8, 4) is 16.9 Å². The Kier molecular flexibility index (Phi) is 5.45. The lowest BCUT2D eigenvalue weighted by molar-refractivity contribution is 0.415. The fourth-order valence-corrected chi connectivity index (χ4v) is 2.38. The second-order valence-corrected chi connectivity index (χ2v) is 5.09. The zero-order valence-electron chi connectivity index (χ0n) is 11.9. The molecule has 0 fully saturated rings. The average molecular weight is 290 g/mol. The third-order valence-electron chi connectivity index (χ3n) is 3.22. The molecule has 2 rings (SSSR count). The molecule has 0 unspecified atom stereocenters. The number of methoxy groups -OCH3 is 1. The van der Waals surface area contributed by atoms with Crippen molar-refractivity contribution < 1.29 is 4.74 Å². The van der Waals surface area contributed by atoms with Crippen LogP contribution in [0.3, 0.4) is 0 Å². The number of benzene rings is 2. The average Bonchev–Trinajstić information content (AvgIpc) is 2.49. The second kappa shape index (κ2) is 7.32. The predicted molar refractivity (Wildman–Crippen MR) is 85.4 cm³/mol.